The molecule has 3 unspecified atom stereocenters. The average Bonchev–Trinajstić information content (AvgIpc) is 2.46. The van der Waals surface area contributed by atoms with E-state index in [2.05, 4.69) is 12.2 Å². The van der Waals surface area contributed by atoms with Gasteiger partial charge in [0, 0.05) is 12.6 Å². The maximum Gasteiger partial charge on any atom is 0.118 e. The quantitative estimate of drug-likeness (QED) is 0.858. The number of aliphatic hydroxyl groups is 1. The van der Waals surface area contributed by atoms with Crippen LogP contribution in [0.5, 0.6) is 5.75 Å². The summed E-state index contributed by atoms with van der Waals surface area (Å²) in [7, 11) is 1.65. The normalized spacial score (nSPS) is 25.0. The van der Waals surface area contributed by atoms with Crippen LogP contribution in [0.2, 0.25) is 0 Å². The van der Waals surface area contributed by atoms with Crippen molar-refractivity contribution in [2.75, 3.05) is 13.7 Å². The highest BCUT2D eigenvalue weighted by Gasteiger charge is 2.21. The van der Waals surface area contributed by atoms with Crippen LogP contribution in [-0.2, 0) is 0 Å². The highest BCUT2D eigenvalue weighted by molar-refractivity contribution is 5.28. The van der Waals surface area contributed by atoms with Gasteiger partial charge >= 0.3 is 0 Å². The van der Waals surface area contributed by atoms with Gasteiger partial charge in [0.15, 0.2) is 0 Å². The Morgan fingerprint density at radius 2 is 1.95 bits per heavy atom. The van der Waals surface area contributed by atoms with E-state index in [0.29, 0.717) is 12.6 Å². The monoisotopic (exact) mass is 263 g/mol. The van der Waals surface area contributed by atoms with Crippen LogP contribution in [0.3, 0.4) is 0 Å². The van der Waals surface area contributed by atoms with Crippen molar-refractivity contribution in [3.05, 3.63) is 29.8 Å². The molecule has 0 heterocycles. The van der Waals surface area contributed by atoms with E-state index < -0.39 is 6.10 Å². The van der Waals surface area contributed by atoms with Gasteiger partial charge in [-0.05, 0) is 36.5 Å². The summed E-state index contributed by atoms with van der Waals surface area (Å²) in [4.78, 5) is 0. The Morgan fingerprint density at radius 3 is 2.58 bits per heavy atom. The van der Waals surface area contributed by atoms with E-state index in [1.165, 1.54) is 25.7 Å². The molecule has 1 aliphatic carbocycles. The van der Waals surface area contributed by atoms with Gasteiger partial charge in [0.25, 0.3) is 0 Å². The molecular formula is C16H25NO2. The Morgan fingerprint density at radius 1 is 1.26 bits per heavy atom. The van der Waals surface area contributed by atoms with E-state index in [9.17, 15) is 5.11 Å². The number of rotatable bonds is 5. The molecule has 2 rings (SSSR count). The lowest BCUT2D eigenvalue weighted by atomic mass is 9.86. The van der Waals surface area contributed by atoms with Crippen molar-refractivity contribution in [3.63, 3.8) is 0 Å². The fraction of sp³-hybridized carbons (Fsp3) is 0.625. The minimum Gasteiger partial charge on any atom is -0.497 e. The number of benzene rings is 1. The summed E-state index contributed by atoms with van der Waals surface area (Å²) in [6.45, 7) is 2.93. The highest BCUT2D eigenvalue weighted by atomic mass is 16.5. The van der Waals surface area contributed by atoms with Crippen LogP contribution >= 0.6 is 0 Å². The molecule has 1 fully saturated rings. The van der Waals surface area contributed by atoms with Gasteiger partial charge in [-0.15, -0.1) is 0 Å². The molecule has 3 heteroatoms. The topological polar surface area (TPSA) is 41.5 Å². The number of nitrogens with one attached hydrogen (secondary N) is 1. The second kappa shape index (κ2) is 6.92. The van der Waals surface area contributed by atoms with Crippen LogP contribution in [0, 0.1) is 5.92 Å². The van der Waals surface area contributed by atoms with Gasteiger partial charge in [0.05, 0.1) is 13.2 Å². The summed E-state index contributed by atoms with van der Waals surface area (Å²) in [5.74, 6) is 1.54. The molecule has 3 nitrogen and oxygen atoms in total. The lowest BCUT2D eigenvalue weighted by Crippen LogP contribution is -2.39. The predicted octanol–water partition coefficient (Wildman–Crippen LogP) is 2.90. The third-order valence-corrected chi connectivity index (χ3v) is 4.19. The smallest absolute Gasteiger partial charge is 0.118 e. The Kier molecular flexibility index (Phi) is 5.23. The molecule has 1 saturated carbocycles. The third kappa shape index (κ3) is 3.95. The molecule has 0 saturated heterocycles. The Labute approximate surface area is 116 Å². The fourth-order valence-corrected chi connectivity index (χ4v) is 2.83. The summed E-state index contributed by atoms with van der Waals surface area (Å²) in [6, 6.07) is 8.19. The number of hydrogen-bond donors (Lipinski definition) is 2. The Hall–Kier alpha value is -1.06. The van der Waals surface area contributed by atoms with Crippen molar-refractivity contribution < 1.29 is 9.84 Å². The van der Waals surface area contributed by atoms with E-state index in [-0.39, 0.29) is 0 Å². The summed E-state index contributed by atoms with van der Waals surface area (Å²) in [5, 5.41) is 13.7. The number of ether oxygens (including phenoxy) is 1. The van der Waals surface area contributed by atoms with Gasteiger partial charge in [0.2, 0.25) is 0 Å². The molecule has 19 heavy (non-hydrogen) atoms. The molecule has 1 aromatic rings. The van der Waals surface area contributed by atoms with Crippen LogP contribution in [0.1, 0.15) is 44.3 Å². The zero-order valence-corrected chi connectivity index (χ0v) is 11.9. The largest absolute Gasteiger partial charge is 0.497 e. The fourth-order valence-electron chi connectivity index (χ4n) is 2.83. The molecule has 0 aromatic heterocycles. The Bertz CT molecular complexity index is 377. The van der Waals surface area contributed by atoms with Gasteiger partial charge in [-0.3, -0.25) is 0 Å². The van der Waals surface area contributed by atoms with E-state index in [1.54, 1.807) is 7.11 Å². The first-order valence-electron chi connectivity index (χ1n) is 7.26. The van der Waals surface area contributed by atoms with Crippen LogP contribution in [0.15, 0.2) is 24.3 Å². The van der Waals surface area contributed by atoms with Crippen molar-refractivity contribution in [1.82, 2.24) is 5.32 Å². The van der Waals surface area contributed by atoms with Crippen molar-refractivity contribution in [3.8, 4) is 5.75 Å². The van der Waals surface area contributed by atoms with E-state index in [4.69, 9.17) is 4.74 Å². The molecule has 2 N–H and O–H groups in total. The molecule has 0 radical (unpaired) electrons. The zero-order valence-electron chi connectivity index (χ0n) is 11.9. The van der Waals surface area contributed by atoms with Gasteiger partial charge in [-0.1, -0.05) is 31.9 Å². The molecule has 1 aromatic carbocycles. The molecule has 0 aliphatic heterocycles. The van der Waals surface area contributed by atoms with E-state index in [1.807, 2.05) is 24.3 Å². The predicted molar refractivity (Wildman–Crippen MR) is 77.4 cm³/mol. The highest BCUT2D eigenvalue weighted by Crippen LogP contribution is 2.24. The number of hydrogen-bond acceptors (Lipinski definition) is 3. The summed E-state index contributed by atoms with van der Waals surface area (Å²) in [5.41, 5.74) is 0.941. The summed E-state index contributed by atoms with van der Waals surface area (Å²) >= 11 is 0. The zero-order chi connectivity index (χ0) is 13.7. The summed E-state index contributed by atoms with van der Waals surface area (Å²) in [6.07, 6.45) is 4.74. The van der Waals surface area contributed by atoms with Gasteiger partial charge in [-0.25, -0.2) is 0 Å². The van der Waals surface area contributed by atoms with Crippen molar-refractivity contribution in [1.29, 1.82) is 0 Å². The van der Waals surface area contributed by atoms with Gasteiger partial charge < -0.3 is 15.2 Å². The first-order valence-corrected chi connectivity index (χ1v) is 7.26. The van der Waals surface area contributed by atoms with Crippen LogP contribution in [-0.4, -0.2) is 24.8 Å². The first-order chi connectivity index (χ1) is 9.20. The molecule has 106 valence electrons. The lowest BCUT2D eigenvalue weighted by Gasteiger charge is -2.30. The van der Waals surface area contributed by atoms with Crippen molar-refractivity contribution >= 4 is 0 Å². The maximum atomic E-state index is 10.2. The second-order valence-electron chi connectivity index (χ2n) is 5.57. The second-order valence-corrected chi connectivity index (χ2v) is 5.57. The number of aliphatic hydroxyl groups excluding tert-OH is 1. The maximum absolute atomic E-state index is 10.2. The van der Waals surface area contributed by atoms with Gasteiger partial charge in [-0.2, -0.15) is 0 Å². The first kappa shape index (κ1) is 14.4. The molecule has 3 atom stereocenters. The van der Waals surface area contributed by atoms with Crippen LogP contribution in [0.25, 0.3) is 0 Å². The van der Waals surface area contributed by atoms with Crippen molar-refractivity contribution in [2.24, 2.45) is 5.92 Å². The standard InChI is InChI=1S/C16H25NO2/c1-12-5-3-4-6-15(12)17-11-16(18)13-7-9-14(19-2)10-8-13/h7-10,12,15-18H,3-6,11H2,1-2H3. The van der Waals surface area contributed by atoms with Crippen molar-refractivity contribution in [2.45, 2.75) is 44.8 Å². The van der Waals surface area contributed by atoms with Crippen LogP contribution in [0.4, 0.5) is 0 Å². The average molecular weight is 263 g/mol. The number of methoxy groups -OCH3 is 1. The SMILES string of the molecule is COc1ccc(C(O)CNC2CCCCC2C)cc1. The lowest BCUT2D eigenvalue weighted by molar-refractivity contribution is 0.157. The van der Waals surface area contributed by atoms with E-state index in [0.717, 1.165) is 17.2 Å². The Balaban J connectivity index is 1.84. The van der Waals surface area contributed by atoms with Crippen LogP contribution < -0.4 is 10.1 Å². The molecule has 0 bridgehead atoms. The molecular weight excluding hydrogens is 238 g/mol. The van der Waals surface area contributed by atoms with E-state index >= 15 is 0 Å². The third-order valence-electron chi connectivity index (χ3n) is 4.19. The minimum absolute atomic E-state index is 0.444. The minimum atomic E-state index is -0.444. The molecule has 0 amide bonds. The van der Waals surface area contributed by atoms with Gasteiger partial charge in [0.1, 0.15) is 5.75 Å². The molecule has 1 aliphatic rings. The summed E-state index contributed by atoms with van der Waals surface area (Å²) < 4.78 is 5.12. The molecule has 0 spiro atoms.